The number of aliphatic carboxylic acids is 1. The molecule has 0 aliphatic carbocycles. The number of carboxylic acid groups (broad SMARTS) is 1. The fourth-order valence-corrected chi connectivity index (χ4v) is 3.47. The maximum atomic E-state index is 10.7. The lowest BCUT2D eigenvalue weighted by molar-refractivity contribution is -0.136. The number of thiazole rings is 1. The Kier molecular flexibility index (Phi) is 4.58. The molecule has 18 heavy (non-hydrogen) atoms. The number of anilines is 1. The van der Waals surface area contributed by atoms with E-state index in [9.17, 15) is 4.79 Å². The van der Waals surface area contributed by atoms with Crippen LogP contribution in [0.5, 0.6) is 0 Å². The molecule has 1 aromatic heterocycles. The van der Waals surface area contributed by atoms with Gasteiger partial charge in [-0.25, -0.2) is 4.98 Å². The molecule has 1 unspecified atom stereocenters. The van der Waals surface area contributed by atoms with Crippen LogP contribution in [0.25, 0.3) is 0 Å². The molecule has 1 aromatic rings. The van der Waals surface area contributed by atoms with E-state index in [0.717, 1.165) is 11.7 Å². The van der Waals surface area contributed by atoms with Gasteiger partial charge in [0.15, 0.2) is 5.13 Å². The van der Waals surface area contributed by atoms with Crippen LogP contribution < -0.4 is 4.90 Å². The van der Waals surface area contributed by atoms with Crippen molar-refractivity contribution in [3.05, 3.63) is 11.1 Å². The van der Waals surface area contributed by atoms with Crippen LogP contribution in [0.15, 0.2) is 5.38 Å². The van der Waals surface area contributed by atoms with Crippen molar-refractivity contribution in [3.8, 4) is 0 Å². The van der Waals surface area contributed by atoms with E-state index in [-0.39, 0.29) is 6.42 Å². The number of carbonyl (C=O) groups is 1. The van der Waals surface area contributed by atoms with Gasteiger partial charge in [-0.05, 0) is 25.7 Å². The molecular formula is C13H20N2O2S. The number of piperidine rings is 1. The van der Waals surface area contributed by atoms with Crippen molar-refractivity contribution in [3.63, 3.8) is 0 Å². The van der Waals surface area contributed by atoms with Crippen LogP contribution in [0.1, 0.15) is 44.7 Å². The molecule has 0 spiro atoms. The predicted molar refractivity (Wildman–Crippen MR) is 73.3 cm³/mol. The first-order valence-corrected chi connectivity index (χ1v) is 7.51. The Morgan fingerprint density at radius 3 is 3.17 bits per heavy atom. The lowest BCUT2D eigenvalue weighted by Crippen LogP contribution is -2.39. The van der Waals surface area contributed by atoms with Crippen molar-refractivity contribution in [2.24, 2.45) is 0 Å². The van der Waals surface area contributed by atoms with E-state index < -0.39 is 5.97 Å². The summed E-state index contributed by atoms with van der Waals surface area (Å²) in [4.78, 5) is 17.5. The van der Waals surface area contributed by atoms with Gasteiger partial charge in [0.2, 0.25) is 0 Å². The van der Waals surface area contributed by atoms with Gasteiger partial charge in [0, 0.05) is 18.0 Å². The summed E-state index contributed by atoms with van der Waals surface area (Å²) in [5.74, 6) is -0.810. The minimum atomic E-state index is -0.810. The van der Waals surface area contributed by atoms with Gasteiger partial charge in [0.05, 0.1) is 12.1 Å². The fourth-order valence-electron chi connectivity index (χ4n) is 2.55. The summed E-state index contributed by atoms with van der Waals surface area (Å²) in [5.41, 5.74) is 0.684. The Morgan fingerprint density at radius 2 is 2.44 bits per heavy atom. The molecule has 0 saturated carbocycles. The zero-order chi connectivity index (χ0) is 13.0. The average molecular weight is 268 g/mol. The number of rotatable bonds is 5. The summed E-state index contributed by atoms with van der Waals surface area (Å²) in [6.45, 7) is 3.27. The molecule has 0 bridgehead atoms. The van der Waals surface area contributed by atoms with E-state index >= 15 is 0 Å². The number of hydrogen-bond acceptors (Lipinski definition) is 4. The summed E-state index contributed by atoms with van der Waals surface area (Å²) in [6, 6.07) is 0.590. The Labute approximate surface area is 112 Å². The van der Waals surface area contributed by atoms with Crippen LogP contribution in [0.2, 0.25) is 0 Å². The third-order valence-corrected chi connectivity index (χ3v) is 4.29. The van der Waals surface area contributed by atoms with Crippen molar-refractivity contribution in [1.82, 2.24) is 4.98 Å². The Hall–Kier alpha value is -1.10. The largest absolute Gasteiger partial charge is 0.481 e. The molecule has 0 amide bonds. The van der Waals surface area contributed by atoms with Crippen molar-refractivity contribution in [1.29, 1.82) is 0 Å². The highest BCUT2D eigenvalue weighted by Gasteiger charge is 2.24. The van der Waals surface area contributed by atoms with E-state index in [1.54, 1.807) is 11.3 Å². The normalized spacial score (nSPS) is 20.1. The van der Waals surface area contributed by atoms with Crippen LogP contribution >= 0.6 is 11.3 Å². The van der Waals surface area contributed by atoms with Crippen molar-refractivity contribution >= 4 is 22.4 Å². The first-order valence-electron chi connectivity index (χ1n) is 6.63. The van der Waals surface area contributed by atoms with E-state index in [1.165, 1.54) is 32.1 Å². The first kappa shape index (κ1) is 13.3. The fraction of sp³-hybridized carbons (Fsp3) is 0.692. The second kappa shape index (κ2) is 6.18. The monoisotopic (exact) mass is 268 g/mol. The second-order valence-electron chi connectivity index (χ2n) is 4.82. The maximum absolute atomic E-state index is 10.7. The van der Waals surface area contributed by atoms with E-state index in [4.69, 9.17) is 5.11 Å². The molecule has 1 N–H and O–H groups in total. The Morgan fingerprint density at radius 1 is 1.61 bits per heavy atom. The number of carboxylic acids is 1. The summed E-state index contributed by atoms with van der Waals surface area (Å²) in [6.07, 6.45) is 6.18. The summed E-state index contributed by atoms with van der Waals surface area (Å²) >= 11 is 1.58. The van der Waals surface area contributed by atoms with Gasteiger partial charge in [0.1, 0.15) is 0 Å². The van der Waals surface area contributed by atoms with Gasteiger partial charge in [-0.2, -0.15) is 0 Å². The maximum Gasteiger partial charge on any atom is 0.309 e. The number of aromatic nitrogens is 1. The minimum absolute atomic E-state index is 0.0305. The van der Waals surface area contributed by atoms with Crippen molar-refractivity contribution < 1.29 is 9.90 Å². The van der Waals surface area contributed by atoms with Gasteiger partial charge < -0.3 is 10.0 Å². The van der Waals surface area contributed by atoms with Gasteiger partial charge in [-0.1, -0.05) is 13.3 Å². The third-order valence-electron chi connectivity index (χ3n) is 3.37. The molecule has 1 aliphatic rings. The molecule has 100 valence electrons. The molecular weight excluding hydrogens is 248 g/mol. The quantitative estimate of drug-likeness (QED) is 0.892. The van der Waals surface area contributed by atoms with Gasteiger partial charge in [-0.15, -0.1) is 11.3 Å². The highest BCUT2D eigenvalue weighted by atomic mass is 32.1. The van der Waals surface area contributed by atoms with Crippen LogP contribution in [0.3, 0.4) is 0 Å². The molecule has 1 saturated heterocycles. The van der Waals surface area contributed by atoms with E-state index in [0.29, 0.717) is 11.7 Å². The standard InChI is InChI=1S/C13H20N2O2S/c1-2-5-11-6-3-4-7-15(11)13-14-10(9-18-13)8-12(16)17/h9,11H,2-8H2,1H3,(H,16,17). The summed E-state index contributed by atoms with van der Waals surface area (Å²) < 4.78 is 0. The van der Waals surface area contributed by atoms with Gasteiger partial charge in [-0.3, -0.25) is 4.79 Å². The van der Waals surface area contributed by atoms with Gasteiger partial charge in [0.25, 0.3) is 0 Å². The van der Waals surface area contributed by atoms with E-state index in [1.807, 2.05) is 5.38 Å². The molecule has 1 fully saturated rings. The van der Waals surface area contributed by atoms with Crippen molar-refractivity contribution in [2.75, 3.05) is 11.4 Å². The predicted octanol–water partition coefficient (Wildman–Crippen LogP) is 2.93. The highest BCUT2D eigenvalue weighted by molar-refractivity contribution is 7.13. The lowest BCUT2D eigenvalue weighted by Gasteiger charge is -2.35. The van der Waals surface area contributed by atoms with Gasteiger partial charge >= 0.3 is 5.97 Å². The molecule has 4 nitrogen and oxygen atoms in total. The highest BCUT2D eigenvalue weighted by Crippen LogP contribution is 2.29. The first-order chi connectivity index (χ1) is 8.70. The molecule has 2 rings (SSSR count). The number of hydrogen-bond donors (Lipinski definition) is 1. The molecule has 1 atom stereocenters. The zero-order valence-electron chi connectivity index (χ0n) is 10.8. The SMILES string of the molecule is CCCC1CCCCN1c1nc(CC(=O)O)cs1. The van der Waals surface area contributed by atoms with Crippen molar-refractivity contribution in [2.45, 2.75) is 51.5 Å². The van der Waals surface area contributed by atoms with Crippen LogP contribution in [0.4, 0.5) is 5.13 Å². The molecule has 0 aromatic carbocycles. The van der Waals surface area contributed by atoms with Crippen LogP contribution in [0, 0.1) is 0 Å². The topological polar surface area (TPSA) is 53.4 Å². The zero-order valence-corrected chi connectivity index (χ0v) is 11.6. The smallest absolute Gasteiger partial charge is 0.309 e. The van der Waals surface area contributed by atoms with Crippen LogP contribution in [-0.4, -0.2) is 28.6 Å². The number of nitrogens with zero attached hydrogens (tertiary/aromatic N) is 2. The lowest BCUT2D eigenvalue weighted by atomic mass is 9.99. The molecule has 2 heterocycles. The minimum Gasteiger partial charge on any atom is -0.481 e. The van der Waals surface area contributed by atoms with E-state index in [2.05, 4.69) is 16.8 Å². The average Bonchev–Trinajstić information content (AvgIpc) is 2.77. The summed E-state index contributed by atoms with van der Waals surface area (Å²) in [7, 11) is 0. The molecule has 1 aliphatic heterocycles. The second-order valence-corrected chi connectivity index (χ2v) is 5.66. The van der Waals surface area contributed by atoms with Crippen LogP contribution in [-0.2, 0) is 11.2 Å². The molecule has 5 heteroatoms. The Bertz CT molecular complexity index is 403. The molecule has 0 radical (unpaired) electrons. The summed E-state index contributed by atoms with van der Waals surface area (Å²) in [5, 5.41) is 11.7. The Balaban J connectivity index is 2.07. The third kappa shape index (κ3) is 3.22.